The molecule has 3 aromatic heterocycles. The van der Waals surface area contributed by atoms with E-state index in [4.69, 9.17) is 8.83 Å². The first-order chi connectivity index (χ1) is 14.1. The lowest BCUT2D eigenvalue weighted by molar-refractivity contribution is -0.120. The van der Waals surface area contributed by atoms with Gasteiger partial charge >= 0.3 is 0 Å². The maximum atomic E-state index is 12.6. The first kappa shape index (κ1) is 18.7. The van der Waals surface area contributed by atoms with Crippen LogP contribution in [-0.2, 0) is 17.6 Å². The molecule has 1 amide bonds. The molecule has 3 heterocycles. The number of carbonyl (C=O) groups is 1. The van der Waals surface area contributed by atoms with E-state index in [2.05, 4.69) is 10.3 Å². The number of rotatable bonds is 6. The molecule has 0 atom stereocenters. The summed E-state index contributed by atoms with van der Waals surface area (Å²) in [5, 5.41) is 2.90. The summed E-state index contributed by atoms with van der Waals surface area (Å²) in [4.78, 5) is 29.2. The molecule has 0 spiro atoms. The van der Waals surface area contributed by atoms with Gasteiger partial charge in [-0.15, -0.1) is 0 Å². The van der Waals surface area contributed by atoms with Crippen LogP contribution in [0.25, 0.3) is 22.5 Å². The zero-order chi connectivity index (χ0) is 20.2. The van der Waals surface area contributed by atoms with Crippen molar-refractivity contribution < 1.29 is 13.6 Å². The van der Waals surface area contributed by atoms with Crippen LogP contribution in [0.4, 0.5) is 0 Å². The van der Waals surface area contributed by atoms with Crippen molar-refractivity contribution in [2.45, 2.75) is 19.8 Å². The average Bonchev–Trinajstić information content (AvgIpc) is 3.08. The van der Waals surface area contributed by atoms with Crippen LogP contribution in [0.3, 0.4) is 0 Å². The minimum Gasteiger partial charge on any atom is -0.457 e. The van der Waals surface area contributed by atoms with E-state index in [-0.39, 0.29) is 23.3 Å². The number of amides is 1. The third-order valence-corrected chi connectivity index (χ3v) is 4.58. The normalized spacial score (nSPS) is 10.9. The van der Waals surface area contributed by atoms with E-state index in [1.165, 1.54) is 6.07 Å². The monoisotopic (exact) mass is 388 g/mol. The standard InChI is InChI=1S/C23H20N2O4/c1-15-13-19(26)23-22(28-15)18(21(29-23)16-7-3-2-4-8-16)14-20(27)25-12-10-17-9-5-6-11-24-17/h2-9,11,13H,10,12,14H2,1H3,(H,25,27). The molecule has 0 aliphatic rings. The predicted molar refractivity (Wildman–Crippen MR) is 110 cm³/mol. The molecule has 6 heteroatoms. The Labute approximate surface area is 167 Å². The molecule has 6 nitrogen and oxygen atoms in total. The lowest BCUT2D eigenvalue weighted by atomic mass is 10.1. The molecule has 0 unspecified atom stereocenters. The summed E-state index contributed by atoms with van der Waals surface area (Å²) in [5.74, 6) is 0.775. The van der Waals surface area contributed by atoms with Crippen LogP contribution >= 0.6 is 0 Å². The van der Waals surface area contributed by atoms with E-state index >= 15 is 0 Å². The van der Waals surface area contributed by atoms with Gasteiger partial charge in [0.15, 0.2) is 5.58 Å². The number of aromatic nitrogens is 1. The maximum Gasteiger partial charge on any atom is 0.228 e. The molecule has 0 aliphatic carbocycles. The zero-order valence-electron chi connectivity index (χ0n) is 16.0. The van der Waals surface area contributed by atoms with E-state index in [0.717, 1.165) is 11.3 Å². The molecule has 0 saturated heterocycles. The van der Waals surface area contributed by atoms with E-state index in [0.29, 0.717) is 35.6 Å². The second-order valence-corrected chi connectivity index (χ2v) is 6.75. The minimum absolute atomic E-state index is 0.0475. The fraction of sp³-hybridized carbons (Fsp3) is 0.174. The van der Waals surface area contributed by atoms with Gasteiger partial charge in [0.25, 0.3) is 0 Å². The molecule has 0 bridgehead atoms. The number of hydrogen-bond donors (Lipinski definition) is 1. The van der Waals surface area contributed by atoms with Crippen molar-refractivity contribution in [3.63, 3.8) is 0 Å². The van der Waals surface area contributed by atoms with E-state index < -0.39 is 0 Å². The van der Waals surface area contributed by atoms with Gasteiger partial charge in [0.05, 0.1) is 12.0 Å². The fourth-order valence-corrected chi connectivity index (χ4v) is 3.24. The lowest BCUT2D eigenvalue weighted by Gasteiger charge is -2.06. The van der Waals surface area contributed by atoms with Gasteiger partial charge in [-0.05, 0) is 19.1 Å². The summed E-state index contributed by atoms with van der Waals surface area (Å²) in [5.41, 5.74) is 2.46. The summed E-state index contributed by atoms with van der Waals surface area (Å²) in [6, 6.07) is 16.5. The highest BCUT2D eigenvalue weighted by Gasteiger charge is 2.22. The highest BCUT2D eigenvalue weighted by Crippen LogP contribution is 2.33. The molecule has 1 aromatic carbocycles. The SMILES string of the molecule is Cc1cc(=O)c2oc(-c3ccccc3)c(CC(=O)NCCc3ccccn3)c2o1. The first-order valence-corrected chi connectivity index (χ1v) is 9.40. The number of nitrogens with zero attached hydrogens (tertiary/aromatic N) is 1. The molecule has 29 heavy (non-hydrogen) atoms. The Balaban J connectivity index is 1.61. The molecule has 1 N–H and O–H groups in total. The Morgan fingerprint density at radius 2 is 1.83 bits per heavy atom. The topological polar surface area (TPSA) is 85.3 Å². The Morgan fingerprint density at radius 3 is 2.59 bits per heavy atom. The van der Waals surface area contributed by atoms with Crippen LogP contribution in [0, 0.1) is 6.92 Å². The second kappa shape index (κ2) is 8.14. The lowest BCUT2D eigenvalue weighted by Crippen LogP contribution is -2.27. The summed E-state index contributed by atoms with van der Waals surface area (Å²) in [7, 11) is 0. The van der Waals surface area contributed by atoms with E-state index in [1.54, 1.807) is 13.1 Å². The second-order valence-electron chi connectivity index (χ2n) is 6.75. The molecular weight excluding hydrogens is 368 g/mol. The van der Waals surface area contributed by atoms with Gasteiger partial charge in [-0.25, -0.2) is 0 Å². The summed E-state index contributed by atoms with van der Waals surface area (Å²) < 4.78 is 11.6. The summed E-state index contributed by atoms with van der Waals surface area (Å²) in [6.45, 7) is 2.17. The third kappa shape index (κ3) is 4.11. The van der Waals surface area contributed by atoms with Crippen LogP contribution in [0.1, 0.15) is 17.0 Å². The maximum absolute atomic E-state index is 12.6. The largest absolute Gasteiger partial charge is 0.457 e. The molecule has 0 aliphatic heterocycles. The van der Waals surface area contributed by atoms with E-state index in [9.17, 15) is 9.59 Å². The van der Waals surface area contributed by atoms with Gasteiger partial charge in [-0.3, -0.25) is 14.6 Å². The Morgan fingerprint density at radius 1 is 1.03 bits per heavy atom. The molecule has 0 radical (unpaired) electrons. The van der Waals surface area contributed by atoms with Crippen LogP contribution < -0.4 is 10.7 Å². The number of pyridine rings is 1. The van der Waals surface area contributed by atoms with Crippen LogP contribution in [0.15, 0.2) is 74.4 Å². The van der Waals surface area contributed by atoms with Crippen molar-refractivity contribution in [1.29, 1.82) is 0 Å². The number of furan rings is 1. The molecule has 146 valence electrons. The number of hydrogen-bond acceptors (Lipinski definition) is 5. The van der Waals surface area contributed by atoms with Crippen molar-refractivity contribution >= 4 is 17.1 Å². The quantitative estimate of drug-likeness (QED) is 0.545. The molecular formula is C23H20N2O4. The average molecular weight is 388 g/mol. The van der Waals surface area contributed by atoms with Crippen LogP contribution in [0.5, 0.6) is 0 Å². The Bertz CT molecular complexity index is 1190. The number of fused-ring (bicyclic) bond motifs is 1. The zero-order valence-corrected chi connectivity index (χ0v) is 16.0. The van der Waals surface area contributed by atoms with Gasteiger partial charge < -0.3 is 14.2 Å². The molecule has 0 saturated carbocycles. The predicted octanol–water partition coefficient (Wildman–Crippen LogP) is 3.66. The van der Waals surface area contributed by atoms with Crippen LogP contribution in [-0.4, -0.2) is 17.4 Å². The van der Waals surface area contributed by atoms with Crippen molar-refractivity contribution in [3.05, 3.63) is 88.0 Å². The molecule has 4 aromatic rings. The van der Waals surface area contributed by atoms with Crippen molar-refractivity contribution in [1.82, 2.24) is 10.3 Å². The van der Waals surface area contributed by atoms with Gasteiger partial charge in [-0.1, -0.05) is 36.4 Å². The van der Waals surface area contributed by atoms with Crippen LogP contribution in [0.2, 0.25) is 0 Å². The highest BCUT2D eigenvalue weighted by molar-refractivity contribution is 5.89. The van der Waals surface area contributed by atoms with Gasteiger partial charge in [0.2, 0.25) is 16.9 Å². The van der Waals surface area contributed by atoms with Crippen molar-refractivity contribution in [2.24, 2.45) is 0 Å². The smallest absolute Gasteiger partial charge is 0.228 e. The molecule has 4 rings (SSSR count). The minimum atomic E-state index is -0.261. The fourth-order valence-electron chi connectivity index (χ4n) is 3.24. The number of carbonyl (C=O) groups excluding carboxylic acids is 1. The number of nitrogens with one attached hydrogen (secondary N) is 1. The Kier molecular flexibility index (Phi) is 5.24. The number of benzene rings is 1. The van der Waals surface area contributed by atoms with Crippen molar-refractivity contribution in [2.75, 3.05) is 6.54 Å². The molecule has 0 fully saturated rings. The van der Waals surface area contributed by atoms with Gasteiger partial charge in [-0.2, -0.15) is 0 Å². The summed E-state index contributed by atoms with van der Waals surface area (Å²) >= 11 is 0. The Hall–Kier alpha value is -3.67. The van der Waals surface area contributed by atoms with Crippen molar-refractivity contribution in [3.8, 4) is 11.3 Å². The van der Waals surface area contributed by atoms with Gasteiger partial charge in [0.1, 0.15) is 11.5 Å². The van der Waals surface area contributed by atoms with E-state index in [1.807, 2.05) is 48.5 Å². The number of aryl methyl sites for hydroxylation is 1. The first-order valence-electron chi connectivity index (χ1n) is 9.40. The highest BCUT2D eigenvalue weighted by atomic mass is 16.4. The van der Waals surface area contributed by atoms with Gasteiger partial charge in [0, 0.05) is 36.5 Å². The third-order valence-electron chi connectivity index (χ3n) is 4.58. The summed E-state index contributed by atoms with van der Waals surface area (Å²) in [6.07, 6.45) is 2.41.